The maximum Gasteiger partial charge on any atom is 0.288 e. The zero-order valence-electron chi connectivity index (χ0n) is 19.6. The molecule has 2 aliphatic heterocycles. The maximum absolute atomic E-state index is 5.70. The third-order valence-electron chi connectivity index (χ3n) is 6.49. The van der Waals surface area contributed by atoms with Gasteiger partial charge in [-0.1, -0.05) is 18.2 Å². The Labute approximate surface area is 205 Å². The average molecular weight is 481 g/mol. The van der Waals surface area contributed by atoms with Crippen molar-refractivity contribution in [1.29, 1.82) is 0 Å². The molecule has 2 aromatic heterocycles. The number of aromatic nitrogens is 3. The van der Waals surface area contributed by atoms with Gasteiger partial charge >= 0.3 is 0 Å². The molecule has 2 aliphatic rings. The molecule has 1 aromatic carbocycles. The van der Waals surface area contributed by atoms with Crippen LogP contribution in [0.25, 0.3) is 0 Å². The second-order valence-corrected chi connectivity index (χ2v) is 9.24. The van der Waals surface area contributed by atoms with Crippen molar-refractivity contribution in [3.8, 4) is 0 Å². The van der Waals surface area contributed by atoms with Crippen LogP contribution < -0.4 is 15.1 Å². The Kier molecular flexibility index (Phi) is 7.08. The van der Waals surface area contributed by atoms with Gasteiger partial charge in [0.25, 0.3) is 4.84 Å². The van der Waals surface area contributed by atoms with Gasteiger partial charge in [0.1, 0.15) is 5.82 Å². The van der Waals surface area contributed by atoms with E-state index in [2.05, 4.69) is 84.5 Å². The number of benzene rings is 1. The largest absolute Gasteiger partial charge is 0.412 e. The summed E-state index contributed by atoms with van der Waals surface area (Å²) in [6, 6.07) is 14.7. The Morgan fingerprint density at radius 3 is 2.35 bits per heavy atom. The molecular formula is C24H32N8OS. The number of nitrogens with one attached hydrogen (secondary N) is 1. The molecule has 5 rings (SSSR count). The van der Waals surface area contributed by atoms with E-state index in [1.54, 1.807) is 4.68 Å². The molecule has 9 nitrogen and oxygen atoms in total. The zero-order chi connectivity index (χ0) is 23.3. The normalized spacial score (nSPS) is 17.8. The summed E-state index contributed by atoms with van der Waals surface area (Å²) in [5.41, 5.74) is 2.22. The molecule has 10 heteroatoms. The van der Waals surface area contributed by atoms with Gasteiger partial charge in [-0.15, -0.1) is 5.10 Å². The molecule has 0 aliphatic carbocycles. The Bertz CT molecular complexity index is 1100. The van der Waals surface area contributed by atoms with E-state index in [0.29, 0.717) is 23.9 Å². The Morgan fingerprint density at radius 2 is 1.65 bits per heavy atom. The first-order chi connectivity index (χ1) is 16.6. The highest BCUT2D eigenvalue weighted by atomic mass is 32.1. The molecule has 1 N–H and O–H groups in total. The molecular weight excluding hydrogens is 448 g/mol. The van der Waals surface area contributed by atoms with Gasteiger partial charge in [0.05, 0.1) is 25.1 Å². The predicted octanol–water partition coefficient (Wildman–Crippen LogP) is 2.74. The molecule has 0 atom stereocenters. The topological polar surface area (TPSA) is 68.8 Å². The smallest absolute Gasteiger partial charge is 0.288 e. The molecule has 0 radical (unpaired) electrons. The summed E-state index contributed by atoms with van der Waals surface area (Å²) in [6.07, 6.45) is 1.87. The monoisotopic (exact) mass is 480 g/mol. The van der Waals surface area contributed by atoms with Crippen LogP contribution in [0.1, 0.15) is 5.89 Å². The number of pyridine rings is 1. The van der Waals surface area contributed by atoms with Crippen molar-refractivity contribution >= 4 is 29.4 Å². The number of hydrogen-bond acceptors (Lipinski definition) is 9. The van der Waals surface area contributed by atoms with Gasteiger partial charge < -0.3 is 24.4 Å². The van der Waals surface area contributed by atoms with Crippen molar-refractivity contribution in [2.75, 3.05) is 74.5 Å². The Hall–Kier alpha value is -2.95. The SMILES string of the molecule is CN1CCN(Cn2nc(CNc3ccc(N4CCN(c5ccccc5)CC4)nc3)oc2=S)CC1. The molecule has 0 amide bonds. The summed E-state index contributed by atoms with van der Waals surface area (Å²) >= 11 is 5.37. The highest BCUT2D eigenvalue weighted by molar-refractivity contribution is 7.71. The summed E-state index contributed by atoms with van der Waals surface area (Å²) in [7, 11) is 2.15. The lowest BCUT2D eigenvalue weighted by Gasteiger charge is -2.36. The van der Waals surface area contributed by atoms with E-state index in [4.69, 9.17) is 16.6 Å². The zero-order valence-corrected chi connectivity index (χ0v) is 20.5. The molecule has 4 heterocycles. The lowest BCUT2D eigenvalue weighted by atomic mass is 10.2. The molecule has 0 bridgehead atoms. The quantitative estimate of drug-likeness (QED) is 0.514. The van der Waals surface area contributed by atoms with Crippen LogP contribution in [-0.2, 0) is 13.2 Å². The first-order valence-electron chi connectivity index (χ1n) is 11.9. The van der Waals surface area contributed by atoms with Gasteiger partial charge in [0, 0.05) is 58.0 Å². The fourth-order valence-corrected chi connectivity index (χ4v) is 4.57. The number of likely N-dealkylation sites (N-methyl/N-ethyl adjacent to an activating group) is 1. The molecule has 0 spiro atoms. The van der Waals surface area contributed by atoms with E-state index >= 15 is 0 Å². The first kappa shape index (κ1) is 22.8. The number of piperazine rings is 2. The summed E-state index contributed by atoms with van der Waals surface area (Å²) in [4.78, 5) is 14.5. The van der Waals surface area contributed by atoms with E-state index in [9.17, 15) is 0 Å². The van der Waals surface area contributed by atoms with Crippen molar-refractivity contribution in [2.24, 2.45) is 0 Å². The minimum Gasteiger partial charge on any atom is -0.412 e. The van der Waals surface area contributed by atoms with E-state index in [-0.39, 0.29) is 0 Å². The number of rotatable bonds is 7. The van der Waals surface area contributed by atoms with Crippen LogP contribution in [-0.4, -0.2) is 84.0 Å². The van der Waals surface area contributed by atoms with Crippen molar-refractivity contribution in [1.82, 2.24) is 24.6 Å². The number of hydrogen-bond donors (Lipinski definition) is 1. The van der Waals surface area contributed by atoms with Crippen LogP contribution in [0.5, 0.6) is 0 Å². The Morgan fingerprint density at radius 1 is 0.912 bits per heavy atom. The third-order valence-corrected chi connectivity index (χ3v) is 6.79. The van der Waals surface area contributed by atoms with Gasteiger partial charge in [-0.3, -0.25) is 4.90 Å². The lowest BCUT2D eigenvalue weighted by molar-refractivity contribution is 0.118. The summed E-state index contributed by atoms with van der Waals surface area (Å²) in [5.74, 6) is 1.59. The highest BCUT2D eigenvalue weighted by Gasteiger charge is 2.18. The maximum atomic E-state index is 5.70. The van der Waals surface area contributed by atoms with Crippen LogP contribution in [0, 0.1) is 4.84 Å². The number of nitrogens with zero attached hydrogens (tertiary/aromatic N) is 7. The van der Waals surface area contributed by atoms with E-state index in [0.717, 1.165) is 63.9 Å². The second kappa shape index (κ2) is 10.5. The van der Waals surface area contributed by atoms with Gasteiger partial charge in [-0.2, -0.15) is 0 Å². The Balaban J connectivity index is 1.11. The number of anilines is 3. The van der Waals surface area contributed by atoms with E-state index in [1.165, 1.54) is 5.69 Å². The first-order valence-corrected chi connectivity index (χ1v) is 12.3. The van der Waals surface area contributed by atoms with E-state index in [1.807, 2.05) is 6.20 Å². The van der Waals surface area contributed by atoms with Gasteiger partial charge in [-0.05, 0) is 43.5 Å². The molecule has 2 fully saturated rings. The second-order valence-electron chi connectivity index (χ2n) is 8.89. The van der Waals surface area contributed by atoms with Crippen molar-refractivity contribution in [2.45, 2.75) is 13.2 Å². The van der Waals surface area contributed by atoms with Crippen LogP contribution in [0.3, 0.4) is 0 Å². The molecule has 34 heavy (non-hydrogen) atoms. The fourth-order valence-electron chi connectivity index (χ4n) is 4.38. The summed E-state index contributed by atoms with van der Waals surface area (Å²) in [5, 5.41) is 7.90. The lowest BCUT2D eigenvalue weighted by Crippen LogP contribution is -2.46. The summed E-state index contributed by atoms with van der Waals surface area (Å²) < 4.78 is 7.47. The third kappa shape index (κ3) is 5.57. The van der Waals surface area contributed by atoms with Crippen molar-refractivity contribution in [3.05, 3.63) is 59.4 Å². The van der Waals surface area contributed by atoms with Crippen LogP contribution in [0.15, 0.2) is 53.1 Å². The minimum absolute atomic E-state index is 0.416. The average Bonchev–Trinajstić information content (AvgIpc) is 3.24. The molecule has 0 unspecified atom stereocenters. The van der Waals surface area contributed by atoms with Crippen LogP contribution >= 0.6 is 12.2 Å². The number of para-hydroxylation sites is 1. The molecule has 0 saturated carbocycles. The van der Waals surface area contributed by atoms with E-state index < -0.39 is 0 Å². The molecule has 180 valence electrons. The van der Waals surface area contributed by atoms with Gasteiger partial charge in [-0.25, -0.2) is 9.67 Å². The summed E-state index contributed by atoms with van der Waals surface area (Å²) in [6.45, 7) is 9.19. The standard InChI is InChI=1S/C24H32N8OS/c1-28-9-11-29(12-10-28)19-32-24(34)33-23(27-32)18-25-20-7-8-22(26-17-20)31-15-13-30(14-16-31)21-5-3-2-4-6-21/h2-8,17,25H,9-16,18-19H2,1H3. The predicted molar refractivity (Wildman–Crippen MR) is 137 cm³/mol. The van der Waals surface area contributed by atoms with Crippen molar-refractivity contribution < 1.29 is 4.42 Å². The highest BCUT2D eigenvalue weighted by Crippen LogP contribution is 2.20. The van der Waals surface area contributed by atoms with Crippen LogP contribution in [0.4, 0.5) is 17.2 Å². The molecule has 2 saturated heterocycles. The fraction of sp³-hybridized carbons (Fsp3) is 0.458. The van der Waals surface area contributed by atoms with Crippen molar-refractivity contribution in [3.63, 3.8) is 0 Å². The molecule has 3 aromatic rings. The van der Waals surface area contributed by atoms with Crippen LogP contribution in [0.2, 0.25) is 0 Å². The van der Waals surface area contributed by atoms with Gasteiger partial charge in [0.2, 0.25) is 5.89 Å². The van der Waals surface area contributed by atoms with Gasteiger partial charge in [0.15, 0.2) is 0 Å². The minimum atomic E-state index is 0.416.